The minimum atomic E-state index is 0.0978. The van der Waals surface area contributed by atoms with Crippen molar-refractivity contribution in [2.45, 2.75) is 13.3 Å². The van der Waals surface area contributed by atoms with Crippen LogP contribution in [0.1, 0.15) is 18.9 Å². The molecule has 0 unspecified atom stereocenters. The van der Waals surface area contributed by atoms with Crippen molar-refractivity contribution in [3.63, 3.8) is 0 Å². The van der Waals surface area contributed by atoms with Gasteiger partial charge in [0.2, 0.25) is 0 Å². The SMILES string of the molecule is CC/C(=C/c1ccc(O)cc1)C(=N)N. The molecule has 0 bridgehead atoms. The maximum Gasteiger partial charge on any atom is 0.118 e. The predicted molar refractivity (Wildman–Crippen MR) is 58.3 cm³/mol. The van der Waals surface area contributed by atoms with Crippen LogP contribution in [0, 0.1) is 5.41 Å². The van der Waals surface area contributed by atoms with Gasteiger partial charge in [-0.05, 0) is 35.8 Å². The zero-order valence-electron chi connectivity index (χ0n) is 8.12. The van der Waals surface area contributed by atoms with E-state index in [2.05, 4.69) is 0 Å². The van der Waals surface area contributed by atoms with Crippen molar-refractivity contribution in [1.82, 2.24) is 0 Å². The number of aromatic hydroxyl groups is 1. The summed E-state index contributed by atoms with van der Waals surface area (Å²) in [6.07, 6.45) is 2.58. The molecular weight excluding hydrogens is 176 g/mol. The fourth-order valence-electron chi connectivity index (χ4n) is 1.14. The van der Waals surface area contributed by atoms with Gasteiger partial charge in [-0.1, -0.05) is 19.1 Å². The lowest BCUT2D eigenvalue weighted by atomic mass is 10.1. The Balaban J connectivity index is 2.95. The number of nitrogens with one attached hydrogen (secondary N) is 1. The average Bonchev–Trinajstić information content (AvgIpc) is 2.16. The Hall–Kier alpha value is -1.77. The van der Waals surface area contributed by atoms with E-state index in [1.165, 1.54) is 0 Å². The molecule has 4 N–H and O–H groups in total. The predicted octanol–water partition coefficient (Wildman–Crippen LogP) is 2.12. The molecular formula is C11H14N2O. The first kappa shape index (κ1) is 10.3. The molecule has 74 valence electrons. The Kier molecular flexibility index (Phi) is 3.29. The molecule has 14 heavy (non-hydrogen) atoms. The first-order valence-corrected chi connectivity index (χ1v) is 4.47. The topological polar surface area (TPSA) is 70.1 Å². The summed E-state index contributed by atoms with van der Waals surface area (Å²) in [5.74, 6) is 0.337. The second-order valence-corrected chi connectivity index (χ2v) is 3.03. The lowest BCUT2D eigenvalue weighted by molar-refractivity contribution is 0.475. The van der Waals surface area contributed by atoms with E-state index in [4.69, 9.17) is 16.2 Å². The number of phenolic OH excluding ortho intramolecular Hbond substituents is 1. The standard InChI is InChI=1S/C11H14N2O/c1-2-9(11(12)13)7-8-3-5-10(14)6-4-8/h3-7,14H,2H2,1H3,(H3,12,13)/b9-7-. The maximum atomic E-state index is 9.07. The van der Waals surface area contributed by atoms with Gasteiger partial charge in [-0.2, -0.15) is 0 Å². The minimum Gasteiger partial charge on any atom is -0.508 e. The van der Waals surface area contributed by atoms with Crippen LogP contribution in [0.5, 0.6) is 5.75 Å². The third kappa shape index (κ3) is 2.62. The fourth-order valence-corrected chi connectivity index (χ4v) is 1.14. The van der Waals surface area contributed by atoms with E-state index in [0.717, 1.165) is 17.6 Å². The molecule has 0 amide bonds. The number of rotatable bonds is 3. The molecule has 0 aliphatic carbocycles. The molecule has 0 spiro atoms. The largest absolute Gasteiger partial charge is 0.508 e. The second-order valence-electron chi connectivity index (χ2n) is 3.03. The fraction of sp³-hybridized carbons (Fsp3) is 0.182. The smallest absolute Gasteiger partial charge is 0.118 e. The number of benzene rings is 1. The molecule has 0 aliphatic rings. The van der Waals surface area contributed by atoms with E-state index in [1.54, 1.807) is 24.3 Å². The van der Waals surface area contributed by atoms with Crippen molar-refractivity contribution in [3.05, 3.63) is 35.4 Å². The van der Waals surface area contributed by atoms with Gasteiger partial charge in [0.15, 0.2) is 0 Å². The maximum absolute atomic E-state index is 9.07. The van der Waals surface area contributed by atoms with E-state index < -0.39 is 0 Å². The zero-order valence-corrected chi connectivity index (χ0v) is 8.12. The van der Waals surface area contributed by atoms with Gasteiger partial charge in [0.25, 0.3) is 0 Å². The lowest BCUT2D eigenvalue weighted by Gasteiger charge is -2.01. The molecule has 0 fully saturated rings. The second kappa shape index (κ2) is 4.46. The first-order valence-electron chi connectivity index (χ1n) is 4.47. The highest BCUT2D eigenvalue weighted by molar-refractivity contribution is 5.98. The van der Waals surface area contributed by atoms with E-state index in [0.29, 0.717) is 0 Å². The van der Waals surface area contributed by atoms with Crippen LogP contribution in [0.2, 0.25) is 0 Å². The van der Waals surface area contributed by atoms with Crippen LogP contribution < -0.4 is 5.73 Å². The first-order chi connectivity index (χ1) is 6.63. The molecule has 1 aromatic carbocycles. The molecule has 0 saturated carbocycles. The third-order valence-electron chi connectivity index (χ3n) is 1.96. The van der Waals surface area contributed by atoms with Gasteiger partial charge < -0.3 is 10.8 Å². The van der Waals surface area contributed by atoms with Crippen molar-refractivity contribution in [2.24, 2.45) is 5.73 Å². The molecule has 0 aromatic heterocycles. The van der Waals surface area contributed by atoms with E-state index >= 15 is 0 Å². The normalized spacial score (nSPS) is 11.4. The van der Waals surface area contributed by atoms with Gasteiger partial charge in [0.05, 0.1) is 0 Å². The Morgan fingerprint density at radius 1 is 1.43 bits per heavy atom. The number of amidine groups is 1. The summed E-state index contributed by atoms with van der Waals surface area (Å²) in [4.78, 5) is 0. The Bertz CT molecular complexity index is 352. The van der Waals surface area contributed by atoms with Crippen LogP contribution in [0.4, 0.5) is 0 Å². The van der Waals surface area contributed by atoms with E-state index in [-0.39, 0.29) is 11.6 Å². The van der Waals surface area contributed by atoms with Crippen molar-refractivity contribution in [1.29, 1.82) is 5.41 Å². The Morgan fingerprint density at radius 2 is 2.00 bits per heavy atom. The molecule has 3 heteroatoms. The van der Waals surface area contributed by atoms with Crippen LogP contribution in [-0.2, 0) is 0 Å². The summed E-state index contributed by atoms with van der Waals surface area (Å²) >= 11 is 0. The quantitative estimate of drug-likeness (QED) is 0.504. The van der Waals surface area contributed by atoms with E-state index in [1.807, 2.05) is 13.0 Å². The molecule has 0 saturated heterocycles. The summed E-state index contributed by atoms with van der Waals surface area (Å²) in [7, 11) is 0. The highest BCUT2D eigenvalue weighted by Crippen LogP contribution is 2.13. The summed E-state index contributed by atoms with van der Waals surface area (Å²) in [6, 6.07) is 6.79. The molecule has 3 nitrogen and oxygen atoms in total. The van der Waals surface area contributed by atoms with Gasteiger partial charge in [-0.15, -0.1) is 0 Å². The van der Waals surface area contributed by atoms with Gasteiger partial charge in [0, 0.05) is 0 Å². The number of nitrogens with two attached hydrogens (primary N) is 1. The third-order valence-corrected chi connectivity index (χ3v) is 1.96. The minimum absolute atomic E-state index is 0.0978. The van der Waals surface area contributed by atoms with Gasteiger partial charge in [-0.3, -0.25) is 5.41 Å². The van der Waals surface area contributed by atoms with Crippen LogP contribution in [-0.4, -0.2) is 10.9 Å². The van der Waals surface area contributed by atoms with Crippen molar-refractivity contribution in [2.75, 3.05) is 0 Å². The van der Waals surface area contributed by atoms with Crippen LogP contribution in [0.3, 0.4) is 0 Å². The van der Waals surface area contributed by atoms with Crippen LogP contribution in [0.15, 0.2) is 29.8 Å². The van der Waals surface area contributed by atoms with Crippen molar-refractivity contribution in [3.8, 4) is 5.75 Å². The molecule has 1 rings (SSSR count). The summed E-state index contributed by atoms with van der Waals surface area (Å²) in [5.41, 5.74) is 7.13. The van der Waals surface area contributed by atoms with Crippen molar-refractivity contribution >= 4 is 11.9 Å². The van der Waals surface area contributed by atoms with Gasteiger partial charge in [0.1, 0.15) is 11.6 Å². The average molecular weight is 190 g/mol. The Morgan fingerprint density at radius 3 is 2.43 bits per heavy atom. The number of hydrogen-bond acceptors (Lipinski definition) is 2. The number of hydrogen-bond donors (Lipinski definition) is 3. The molecule has 0 aliphatic heterocycles. The summed E-state index contributed by atoms with van der Waals surface area (Å²) in [6.45, 7) is 1.95. The zero-order chi connectivity index (χ0) is 10.6. The van der Waals surface area contributed by atoms with Gasteiger partial charge >= 0.3 is 0 Å². The van der Waals surface area contributed by atoms with Crippen LogP contribution >= 0.6 is 0 Å². The Labute approximate surface area is 83.4 Å². The molecule has 0 heterocycles. The van der Waals surface area contributed by atoms with E-state index in [9.17, 15) is 0 Å². The van der Waals surface area contributed by atoms with Crippen LogP contribution in [0.25, 0.3) is 6.08 Å². The molecule has 1 aromatic rings. The van der Waals surface area contributed by atoms with Gasteiger partial charge in [-0.25, -0.2) is 0 Å². The summed E-state index contributed by atoms with van der Waals surface area (Å²) < 4.78 is 0. The molecule has 0 atom stereocenters. The summed E-state index contributed by atoms with van der Waals surface area (Å²) in [5, 5.41) is 16.4. The number of phenols is 1. The highest BCUT2D eigenvalue weighted by Gasteiger charge is 1.98. The lowest BCUT2D eigenvalue weighted by Crippen LogP contribution is -2.11. The van der Waals surface area contributed by atoms with Crippen molar-refractivity contribution < 1.29 is 5.11 Å². The monoisotopic (exact) mass is 190 g/mol. The molecule has 0 radical (unpaired) electrons. The highest BCUT2D eigenvalue weighted by atomic mass is 16.3.